The molecule has 0 bridgehead atoms. The van der Waals surface area contributed by atoms with Gasteiger partial charge in [-0.1, -0.05) is 0 Å². The van der Waals surface area contributed by atoms with E-state index >= 15 is 0 Å². The molecular formula is C12H12F3N5O2. The van der Waals surface area contributed by atoms with Crippen LogP contribution < -0.4 is 4.90 Å². The normalized spacial score (nSPS) is 11.3. The molecule has 2 heterocycles. The molecule has 7 nitrogen and oxygen atoms in total. The zero-order chi connectivity index (χ0) is 16.2. The molecule has 2 aromatic rings. The molecule has 0 amide bonds. The molecule has 0 radical (unpaired) electrons. The number of rotatable bonds is 5. The number of ether oxygens (including phenoxy) is 1. The van der Waals surface area contributed by atoms with Crippen molar-refractivity contribution in [3.05, 3.63) is 30.7 Å². The van der Waals surface area contributed by atoms with Crippen LogP contribution in [-0.2, 0) is 9.53 Å². The third kappa shape index (κ3) is 4.43. The summed E-state index contributed by atoms with van der Waals surface area (Å²) >= 11 is 0. The summed E-state index contributed by atoms with van der Waals surface area (Å²) in [4.78, 5) is 20.8. The molecular weight excluding hydrogens is 303 g/mol. The molecule has 0 fully saturated rings. The monoisotopic (exact) mass is 315 g/mol. The van der Waals surface area contributed by atoms with Crippen molar-refractivity contribution in [1.29, 1.82) is 0 Å². The van der Waals surface area contributed by atoms with Gasteiger partial charge in [0.25, 0.3) is 0 Å². The predicted molar refractivity (Wildman–Crippen MR) is 69.4 cm³/mol. The van der Waals surface area contributed by atoms with Gasteiger partial charge < -0.3 is 9.64 Å². The second-order valence-corrected chi connectivity index (χ2v) is 4.30. The molecule has 0 aromatic carbocycles. The van der Waals surface area contributed by atoms with Gasteiger partial charge in [0.2, 0.25) is 5.95 Å². The Morgan fingerprint density at radius 1 is 1.41 bits per heavy atom. The van der Waals surface area contributed by atoms with Gasteiger partial charge in [-0.25, -0.2) is 9.67 Å². The summed E-state index contributed by atoms with van der Waals surface area (Å²) in [6.45, 7) is -2.02. The van der Waals surface area contributed by atoms with E-state index in [0.717, 1.165) is 0 Å². The van der Waals surface area contributed by atoms with E-state index in [2.05, 4.69) is 19.8 Å². The van der Waals surface area contributed by atoms with E-state index in [1.807, 2.05) is 0 Å². The minimum absolute atomic E-state index is 0.164. The number of anilines is 1. The van der Waals surface area contributed by atoms with Gasteiger partial charge in [-0.15, -0.1) is 0 Å². The van der Waals surface area contributed by atoms with Crippen LogP contribution in [0, 0.1) is 0 Å². The van der Waals surface area contributed by atoms with Crippen molar-refractivity contribution in [2.24, 2.45) is 0 Å². The predicted octanol–water partition coefficient (Wildman–Crippen LogP) is 1.20. The molecule has 0 unspecified atom stereocenters. The maximum Gasteiger partial charge on any atom is 0.422 e. The van der Waals surface area contributed by atoms with Crippen molar-refractivity contribution in [2.45, 2.75) is 6.18 Å². The topological polar surface area (TPSA) is 73.1 Å². The number of carbonyl (C=O) groups excluding carboxylic acids is 1. The van der Waals surface area contributed by atoms with Crippen LogP contribution in [0.25, 0.3) is 5.82 Å². The highest BCUT2D eigenvalue weighted by Gasteiger charge is 2.29. The summed E-state index contributed by atoms with van der Waals surface area (Å²) in [5.74, 6) is -0.393. The molecule has 0 N–H and O–H groups in total. The molecule has 22 heavy (non-hydrogen) atoms. The Bertz CT molecular complexity index is 630. The van der Waals surface area contributed by atoms with Crippen LogP contribution in [0.5, 0.6) is 0 Å². The van der Waals surface area contributed by atoms with Crippen molar-refractivity contribution in [3.8, 4) is 5.82 Å². The second-order valence-electron chi connectivity index (χ2n) is 4.30. The summed E-state index contributed by atoms with van der Waals surface area (Å²) in [6, 6.07) is 3.31. The van der Waals surface area contributed by atoms with Gasteiger partial charge in [-0.05, 0) is 6.07 Å². The van der Waals surface area contributed by atoms with E-state index in [0.29, 0.717) is 5.82 Å². The molecule has 0 saturated heterocycles. The van der Waals surface area contributed by atoms with Crippen LogP contribution in [0.1, 0.15) is 0 Å². The first kappa shape index (κ1) is 15.7. The first-order valence-corrected chi connectivity index (χ1v) is 6.12. The molecule has 0 aliphatic carbocycles. The maximum atomic E-state index is 12.0. The first-order valence-electron chi connectivity index (χ1n) is 6.12. The third-order valence-corrected chi connectivity index (χ3v) is 2.47. The molecule has 118 valence electrons. The number of aromatic nitrogens is 4. The van der Waals surface area contributed by atoms with Crippen LogP contribution in [0.3, 0.4) is 0 Å². The van der Waals surface area contributed by atoms with Crippen molar-refractivity contribution < 1.29 is 22.7 Å². The third-order valence-electron chi connectivity index (χ3n) is 2.47. The highest BCUT2D eigenvalue weighted by atomic mass is 19.4. The van der Waals surface area contributed by atoms with Gasteiger partial charge in [0.1, 0.15) is 6.54 Å². The van der Waals surface area contributed by atoms with Crippen molar-refractivity contribution in [2.75, 3.05) is 25.1 Å². The standard InChI is InChI=1S/C12H12F3N5O2/c1-19(7-10(21)22-8-12(13,14)15)11-16-5-3-9(18-11)20-6-2-4-17-20/h2-6H,7-8H2,1H3. The van der Waals surface area contributed by atoms with E-state index in [9.17, 15) is 18.0 Å². The van der Waals surface area contributed by atoms with Crippen molar-refractivity contribution in [3.63, 3.8) is 0 Å². The van der Waals surface area contributed by atoms with Crippen LogP contribution in [0.15, 0.2) is 30.7 Å². The fourth-order valence-electron chi connectivity index (χ4n) is 1.53. The Hall–Kier alpha value is -2.65. The van der Waals surface area contributed by atoms with Crippen LogP contribution >= 0.6 is 0 Å². The van der Waals surface area contributed by atoms with E-state index in [-0.39, 0.29) is 5.95 Å². The smallest absolute Gasteiger partial charge is 0.422 e. The Morgan fingerprint density at radius 2 is 2.18 bits per heavy atom. The first-order chi connectivity index (χ1) is 10.3. The van der Waals surface area contributed by atoms with E-state index in [1.54, 1.807) is 24.5 Å². The number of hydrogen-bond donors (Lipinski definition) is 0. The average molecular weight is 315 g/mol. The van der Waals surface area contributed by atoms with E-state index in [4.69, 9.17) is 0 Å². The number of likely N-dealkylation sites (N-methyl/N-ethyl adjacent to an activating group) is 1. The number of hydrogen-bond acceptors (Lipinski definition) is 6. The number of alkyl halides is 3. The fourth-order valence-corrected chi connectivity index (χ4v) is 1.53. The van der Waals surface area contributed by atoms with E-state index in [1.165, 1.54) is 22.8 Å². The van der Waals surface area contributed by atoms with E-state index < -0.39 is 25.3 Å². The average Bonchev–Trinajstić information content (AvgIpc) is 2.99. The Morgan fingerprint density at radius 3 is 2.82 bits per heavy atom. The molecule has 0 spiro atoms. The SMILES string of the molecule is CN(CC(=O)OCC(F)(F)F)c1nccc(-n2cccn2)n1. The van der Waals surface area contributed by atoms with Crippen LogP contribution in [-0.4, -0.2) is 52.1 Å². The molecule has 2 rings (SSSR count). The zero-order valence-corrected chi connectivity index (χ0v) is 11.5. The zero-order valence-electron chi connectivity index (χ0n) is 11.5. The molecule has 0 aliphatic rings. The summed E-state index contributed by atoms with van der Waals surface area (Å²) in [7, 11) is 1.47. The Labute approximate surface area is 123 Å². The summed E-state index contributed by atoms with van der Waals surface area (Å²) < 4.78 is 41.5. The Kier molecular flexibility index (Phi) is 4.59. The lowest BCUT2D eigenvalue weighted by Crippen LogP contribution is -2.31. The quantitative estimate of drug-likeness (QED) is 0.772. The lowest BCUT2D eigenvalue weighted by Gasteiger charge is -2.16. The highest BCUT2D eigenvalue weighted by Crippen LogP contribution is 2.15. The van der Waals surface area contributed by atoms with Gasteiger partial charge in [-0.2, -0.15) is 23.3 Å². The Balaban J connectivity index is 1.99. The second kappa shape index (κ2) is 6.41. The molecule has 0 aliphatic heterocycles. The minimum atomic E-state index is -4.55. The van der Waals surface area contributed by atoms with Gasteiger partial charge >= 0.3 is 12.1 Å². The van der Waals surface area contributed by atoms with Crippen molar-refractivity contribution >= 4 is 11.9 Å². The van der Waals surface area contributed by atoms with Gasteiger partial charge in [0.05, 0.1) is 0 Å². The molecule has 0 saturated carbocycles. The number of esters is 1. The fraction of sp³-hybridized carbons (Fsp3) is 0.333. The van der Waals surface area contributed by atoms with Crippen LogP contribution in [0.2, 0.25) is 0 Å². The number of halogens is 3. The molecule has 2 aromatic heterocycles. The minimum Gasteiger partial charge on any atom is -0.455 e. The molecule has 10 heteroatoms. The van der Waals surface area contributed by atoms with Gasteiger partial charge in [0, 0.05) is 31.7 Å². The van der Waals surface area contributed by atoms with Gasteiger partial charge in [0.15, 0.2) is 12.4 Å². The summed E-state index contributed by atoms with van der Waals surface area (Å²) in [5.41, 5.74) is 0. The number of carbonyl (C=O) groups is 1. The van der Waals surface area contributed by atoms with Crippen molar-refractivity contribution in [1.82, 2.24) is 19.7 Å². The summed E-state index contributed by atoms with van der Waals surface area (Å²) in [5, 5.41) is 4.00. The largest absolute Gasteiger partial charge is 0.455 e. The summed E-state index contributed by atoms with van der Waals surface area (Å²) in [6.07, 6.45) is 0.144. The maximum absolute atomic E-state index is 12.0. The highest BCUT2D eigenvalue weighted by molar-refractivity contribution is 5.74. The molecule has 0 atom stereocenters. The van der Waals surface area contributed by atoms with Crippen LogP contribution in [0.4, 0.5) is 19.1 Å². The number of nitrogens with zero attached hydrogens (tertiary/aromatic N) is 5. The van der Waals surface area contributed by atoms with Gasteiger partial charge in [-0.3, -0.25) is 4.79 Å². The lowest BCUT2D eigenvalue weighted by molar-refractivity contribution is -0.185. The lowest BCUT2D eigenvalue weighted by atomic mass is 10.5.